The van der Waals surface area contributed by atoms with Crippen molar-refractivity contribution < 1.29 is 23.7 Å². The van der Waals surface area contributed by atoms with Gasteiger partial charge >= 0.3 is 0 Å². The van der Waals surface area contributed by atoms with Gasteiger partial charge in [-0.25, -0.2) is 0 Å². The van der Waals surface area contributed by atoms with Gasteiger partial charge in [0.05, 0.1) is 32.0 Å². The van der Waals surface area contributed by atoms with Gasteiger partial charge in [0.25, 0.3) is 0 Å². The van der Waals surface area contributed by atoms with Crippen molar-refractivity contribution in [2.75, 3.05) is 26.6 Å². The van der Waals surface area contributed by atoms with Crippen molar-refractivity contribution in [1.82, 2.24) is 4.98 Å². The number of nitrogens with zero attached hydrogens (tertiary/aromatic N) is 1. The minimum atomic E-state index is -0.322. The van der Waals surface area contributed by atoms with E-state index in [2.05, 4.69) is 10.3 Å². The summed E-state index contributed by atoms with van der Waals surface area (Å²) in [4.78, 5) is 16.6. The number of carbonyl (C=O) groups excluding carboxylic acids is 1. The number of amides is 1. The fraction of sp³-hybridized carbons (Fsp3) is 0.167. The quantitative estimate of drug-likeness (QED) is 0.459. The molecule has 0 aliphatic heterocycles. The third-order valence-corrected chi connectivity index (χ3v) is 4.71. The second kappa shape index (κ2) is 11.1. The van der Waals surface area contributed by atoms with Crippen LogP contribution in [0.2, 0.25) is 5.02 Å². The summed E-state index contributed by atoms with van der Waals surface area (Å²) in [7, 11) is 4.60. The lowest BCUT2D eigenvalue weighted by molar-refractivity contribution is -0.111. The smallest absolute Gasteiger partial charge is 0.248 e. The molecule has 32 heavy (non-hydrogen) atoms. The zero-order valence-electron chi connectivity index (χ0n) is 17.9. The van der Waals surface area contributed by atoms with Crippen LogP contribution in [0.15, 0.2) is 60.8 Å². The molecule has 0 aliphatic carbocycles. The van der Waals surface area contributed by atoms with E-state index in [0.717, 1.165) is 5.69 Å². The van der Waals surface area contributed by atoms with Crippen LogP contribution >= 0.6 is 11.6 Å². The molecule has 0 atom stereocenters. The molecule has 1 N–H and O–H groups in total. The molecule has 3 aromatic rings. The Bertz CT molecular complexity index is 1080. The summed E-state index contributed by atoms with van der Waals surface area (Å²) < 4.78 is 21.6. The van der Waals surface area contributed by atoms with Gasteiger partial charge < -0.3 is 24.3 Å². The van der Waals surface area contributed by atoms with Crippen LogP contribution < -0.4 is 24.3 Å². The standard InChI is InChI=1S/C24H23ClN2O5/c1-29-21-12-16(13-22(30-2)24(21)31-3)7-10-23(28)27-17-8-9-20(19(25)14-17)32-15-18-6-4-5-11-26-18/h4-14H,15H2,1-3H3,(H,27,28)/b10-7+. The van der Waals surface area contributed by atoms with E-state index < -0.39 is 0 Å². The Morgan fingerprint density at radius 3 is 2.34 bits per heavy atom. The van der Waals surface area contributed by atoms with Crippen molar-refractivity contribution in [2.45, 2.75) is 6.61 Å². The molecule has 0 aliphatic rings. The number of nitrogens with one attached hydrogen (secondary N) is 1. The van der Waals surface area contributed by atoms with Crippen LogP contribution in [-0.2, 0) is 11.4 Å². The summed E-state index contributed by atoms with van der Waals surface area (Å²) in [5, 5.41) is 3.15. The molecular formula is C24H23ClN2O5. The molecule has 0 radical (unpaired) electrons. The highest BCUT2D eigenvalue weighted by Crippen LogP contribution is 2.38. The van der Waals surface area contributed by atoms with Crippen molar-refractivity contribution in [2.24, 2.45) is 0 Å². The lowest BCUT2D eigenvalue weighted by Gasteiger charge is -2.12. The maximum absolute atomic E-state index is 12.4. The number of ether oxygens (including phenoxy) is 4. The van der Waals surface area contributed by atoms with E-state index in [1.165, 1.54) is 27.4 Å². The summed E-state index contributed by atoms with van der Waals surface area (Å²) in [6, 6.07) is 14.1. The van der Waals surface area contributed by atoms with Gasteiger partial charge in [-0.05, 0) is 54.1 Å². The Balaban J connectivity index is 1.64. The van der Waals surface area contributed by atoms with Gasteiger partial charge in [-0.3, -0.25) is 9.78 Å². The van der Waals surface area contributed by atoms with E-state index in [1.54, 1.807) is 42.6 Å². The predicted octanol–water partition coefficient (Wildman–Crippen LogP) is 4.99. The van der Waals surface area contributed by atoms with Gasteiger partial charge in [0.15, 0.2) is 11.5 Å². The lowest BCUT2D eigenvalue weighted by atomic mass is 10.1. The Kier molecular flexibility index (Phi) is 7.94. The van der Waals surface area contributed by atoms with Crippen LogP contribution in [0.3, 0.4) is 0 Å². The third-order valence-electron chi connectivity index (χ3n) is 4.42. The van der Waals surface area contributed by atoms with Crippen molar-refractivity contribution in [1.29, 1.82) is 0 Å². The fourth-order valence-electron chi connectivity index (χ4n) is 2.88. The molecule has 0 fully saturated rings. The number of rotatable bonds is 9. The molecule has 1 aromatic heterocycles. The number of benzene rings is 2. The second-order valence-electron chi connectivity index (χ2n) is 6.54. The number of halogens is 1. The summed E-state index contributed by atoms with van der Waals surface area (Å²) in [5.74, 6) is 1.66. The normalized spacial score (nSPS) is 10.6. The minimum Gasteiger partial charge on any atom is -0.493 e. The van der Waals surface area contributed by atoms with Gasteiger partial charge in [0.2, 0.25) is 11.7 Å². The highest BCUT2D eigenvalue weighted by atomic mass is 35.5. The Hall–Kier alpha value is -3.71. The molecule has 1 amide bonds. The highest BCUT2D eigenvalue weighted by Gasteiger charge is 2.12. The zero-order chi connectivity index (χ0) is 22.9. The molecule has 8 heteroatoms. The van der Waals surface area contributed by atoms with E-state index in [1.807, 2.05) is 18.2 Å². The van der Waals surface area contributed by atoms with Crippen LogP contribution in [0.4, 0.5) is 5.69 Å². The molecular weight excluding hydrogens is 432 g/mol. The maximum atomic E-state index is 12.4. The zero-order valence-corrected chi connectivity index (χ0v) is 18.7. The van der Waals surface area contributed by atoms with Crippen LogP contribution in [0, 0.1) is 0 Å². The van der Waals surface area contributed by atoms with Crippen molar-refractivity contribution in [3.05, 3.63) is 77.1 Å². The average Bonchev–Trinajstić information content (AvgIpc) is 2.82. The SMILES string of the molecule is COc1cc(/C=C/C(=O)Nc2ccc(OCc3ccccn3)c(Cl)c2)cc(OC)c1OC. The number of hydrogen-bond acceptors (Lipinski definition) is 6. The van der Waals surface area contributed by atoms with Crippen LogP contribution in [0.1, 0.15) is 11.3 Å². The van der Waals surface area contributed by atoms with E-state index in [0.29, 0.717) is 45.9 Å². The van der Waals surface area contributed by atoms with E-state index in [-0.39, 0.29) is 5.91 Å². The molecule has 0 spiro atoms. The first-order valence-electron chi connectivity index (χ1n) is 9.65. The number of anilines is 1. The molecule has 0 bridgehead atoms. The van der Waals surface area contributed by atoms with E-state index >= 15 is 0 Å². The van der Waals surface area contributed by atoms with Gasteiger partial charge in [-0.1, -0.05) is 17.7 Å². The molecule has 3 rings (SSSR count). The van der Waals surface area contributed by atoms with Crippen LogP contribution in [-0.4, -0.2) is 32.2 Å². The largest absolute Gasteiger partial charge is 0.493 e. The molecule has 0 saturated carbocycles. The summed E-state index contributed by atoms with van der Waals surface area (Å²) >= 11 is 6.29. The highest BCUT2D eigenvalue weighted by molar-refractivity contribution is 6.32. The first kappa shape index (κ1) is 23.0. The van der Waals surface area contributed by atoms with E-state index in [4.69, 9.17) is 30.5 Å². The number of aromatic nitrogens is 1. The topological polar surface area (TPSA) is 78.9 Å². The van der Waals surface area contributed by atoms with E-state index in [9.17, 15) is 4.79 Å². The molecule has 166 valence electrons. The monoisotopic (exact) mass is 454 g/mol. The molecule has 2 aromatic carbocycles. The fourth-order valence-corrected chi connectivity index (χ4v) is 3.12. The first-order chi connectivity index (χ1) is 15.5. The Morgan fingerprint density at radius 2 is 1.75 bits per heavy atom. The number of pyridine rings is 1. The predicted molar refractivity (Wildman–Crippen MR) is 124 cm³/mol. The maximum Gasteiger partial charge on any atom is 0.248 e. The Labute approximate surface area is 191 Å². The van der Waals surface area contributed by atoms with Gasteiger partial charge in [-0.15, -0.1) is 0 Å². The molecule has 7 nitrogen and oxygen atoms in total. The third kappa shape index (κ3) is 5.92. The lowest BCUT2D eigenvalue weighted by Crippen LogP contribution is -2.08. The van der Waals surface area contributed by atoms with Crippen LogP contribution in [0.25, 0.3) is 6.08 Å². The van der Waals surface area contributed by atoms with Gasteiger partial charge in [0.1, 0.15) is 12.4 Å². The number of hydrogen-bond donors (Lipinski definition) is 1. The summed E-state index contributed by atoms with van der Waals surface area (Å²) in [6.07, 6.45) is 4.75. The van der Waals surface area contributed by atoms with Crippen molar-refractivity contribution in [3.8, 4) is 23.0 Å². The summed E-state index contributed by atoms with van der Waals surface area (Å²) in [6.45, 7) is 0.295. The molecule has 0 saturated heterocycles. The number of methoxy groups -OCH3 is 3. The molecule has 0 unspecified atom stereocenters. The van der Waals surface area contributed by atoms with Crippen molar-refractivity contribution >= 4 is 29.3 Å². The second-order valence-corrected chi connectivity index (χ2v) is 6.94. The Morgan fingerprint density at radius 1 is 1.00 bits per heavy atom. The van der Waals surface area contributed by atoms with Crippen LogP contribution in [0.5, 0.6) is 23.0 Å². The first-order valence-corrected chi connectivity index (χ1v) is 10.0. The summed E-state index contributed by atoms with van der Waals surface area (Å²) in [5.41, 5.74) is 2.04. The minimum absolute atomic E-state index is 0.295. The van der Waals surface area contributed by atoms with Gasteiger partial charge in [-0.2, -0.15) is 0 Å². The molecule has 1 heterocycles. The average molecular weight is 455 g/mol. The number of carbonyl (C=O) groups is 1. The van der Waals surface area contributed by atoms with Crippen molar-refractivity contribution in [3.63, 3.8) is 0 Å². The van der Waals surface area contributed by atoms with Gasteiger partial charge in [0, 0.05) is 18.0 Å².